The van der Waals surface area contributed by atoms with Gasteiger partial charge in [-0.2, -0.15) is 0 Å². The number of rotatable bonds is 2. The van der Waals surface area contributed by atoms with Crippen LogP contribution in [-0.2, 0) is 10.3 Å². The maximum atomic E-state index is 13.5. The summed E-state index contributed by atoms with van der Waals surface area (Å²) in [5.74, 6) is -0.366. The highest BCUT2D eigenvalue weighted by Crippen LogP contribution is 2.44. The molecule has 2 nitrogen and oxygen atoms in total. The van der Waals surface area contributed by atoms with Crippen molar-refractivity contribution < 1.29 is 14.2 Å². The van der Waals surface area contributed by atoms with Crippen LogP contribution in [0.1, 0.15) is 18.4 Å². The SMILES string of the molecule is COC1CC(O)(c2cc(Br)ccc2F)C1. The summed E-state index contributed by atoms with van der Waals surface area (Å²) in [6.45, 7) is 0. The number of halogens is 2. The Bertz CT molecular complexity index is 375. The number of hydrogen-bond acceptors (Lipinski definition) is 2. The van der Waals surface area contributed by atoms with Gasteiger partial charge in [-0.05, 0) is 18.2 Å². The molecule has 0 aliphatic heterocycles. The zero-order valence-corrected chi connectivity index (χ0v) is 9.92. The smallest absolute Gasteiger partial charge is 0.129 e. The lowest BCUT2D eigenvalue weighted by Crippen LogP contribution is -2.46. The minimum Gasteiger partial charge on any atom is -0.385 e. The maximum Gasteiger partial charge on any atom is 0.129 e. The number of aliphatic hydroxyl groups is 1. The lowest BCUT2D eigenvalue weighted by Gasteiger charge is -2.43. The van der Waals surface area contributed by atoms with Crippen LogP contribution in [0.2, 0.25) is 0 Å². The molecule has 82 valence electrons. The second kappa shape index (κ2) is 3.85. The lowest BCUT2D eigenvalue weighted by molar-refractivity contribution is -0.134. The molecule has 1 aromatic rings. The van der Waals surface area contributed by atoms with Gasteiger partial charge in [-0.15, -0.1) is 0 Å². The average molecular weight is 275 g/mol. The van der Waals surface area contributed by atoms with E-state index in [1.165, 1.54) is 6.07 Å². The highest BCUT2D eigenvalue weighted by atomic mass is 79.9. The molecule has 4 heteroatoms. The first kappa shape index (κ1) is 11.0. The fourth-order valence-electron chi connectivity index (χ4n) is 1.93. The Morgan fingerprint density at radius 3 is 2.80 bits per heavy atom. The van der Waals surface area contributed by atoms with Crippen LogP contribution in [0, 0.1) is 5.82 Å². The maximum absolute atomic E-state index is 13.5. The average Bonchev–Trinajstić information content (AvgIpc) is 2.17. The van der Waals surface area contributed by atoms with Gasteiger partial charge in [0.15, 0.2) is 0 Å². The summed E-state index contributed by atoms with van der Waals surface area (Å²) >= 11 is 3.27. The van der Waals surface area contributed by atoms with Crippen LogP contribution >= 0.6 is 15.9 Å². The minimum atomic E-state index is -1.06. The minimum absolute atomic E-state index is 0.0355. The molecule has 15 heavy (non-hydrogen) atoms. The van der Waals surface area contributed by atoms with E-state index < -0.39 is 5.60 Å². The van der Waals surface area contributed by atoms with Crippen LogP contribution in [0.3, 0.4) is 0 Å². The third kappa shape index (κ3) is 1.94. The van der Waals surface area contributed by atoms with Crippen molar-refractivity contribution in [1.29, 1.82) is 0 Å². The lowest BCUT2D eigenvalue weighted by atomic mass is 9.72. The molecule has 1 aliphatic rings. The topological polar surface area (TPSA) is 29.5 Å². The van der Waals surface area contributed by atoms with Gasteiger partial charge in [-0.25, -0.2) is 4.39 Å². The van der Waals surface area contributed by atoms with Crippen molar-refractivity contribution in [2.75, 3.05) is 7.11 Å². The molecule has 1 fully saturated rings. The molecule has 0 spiro atoms. The molecule has 0 atom stereocenters. The number of methoxy groups -OCH3 is 1. The van der Waals surface area contributed by atoms with E-state index in [0.29, 0.717) is 18.4 Å². The second-order valence-corrected chi connectivity index (χ2v) is 4.84. The van der Waals surface area contributed by atoms with Crippen molar-refractivity contribution in [2.45, 2.75) is 24.5 Å². The standard InChI is InChI=1S/C11H12BrFO2/c1-15-8-5-11(14,6-8)9-4-7(12)2-3-10(9)13/h2-4,8,14H,5-6H2,1H3. The van der Waals surface area contributed by atoms with Gasteiger partial charge in [0.2, 0.25) is 0 Å². The molecular formula is C11H12BrFO2. The van der Waals surface area contributed by atoms with Crippen molar-refractivity contribution in [3.8, 4) is 0 Å². The van der Waals surface area contributed by atoms with Gasteiger partial charge in [-0.3, -0.25) is 0 Å². The Kier molecular flexibility index (Phi) is 2.83. The van der Waals surface area contributed by atoms with Gasteiger partial charge in [0.05, 0.1) is 11.7 Å². The van der Waals surface area contributed by atoms with E-state index in [2.05, 4.69) is 15.9 Å². The Morgan fingerprint density at radius 1 is 1.53 bits per heavy atom. The number of ether oxygens (including phenoxy) is 1. The van der Waals surface area contributed by atoms with Gasteiger partial charge in [-0.1, -0.05) is 15.9 Å². The second-order valence-electron chi connectivity index (χ2n) is 3.92. The Labute approximate surface area is 96.2 Å². The van der Waals surface area contributed by atoms with E-state index in [1.54, 1.807) is 19.2 Å². The first-order valence-electron chi connectivity index (χ1n) is 4.76. The van der Waals surface area contributed by atoms with Gasteiger partial charge < -0.3 is 9.84 Å². The van der Waals surface area contributed by atoms with Crippen molar-refractivity contribution in [3.05, 3.63) is 34.1 Å². The first-order valence-corrected chi connectivity index (χ1v) is 5.55. The van der Waals surface area contributed by atoms with Gasteiger partial charge in [0, 0.05) is 30.0 Å². The predicted molar refractivity (Wildman–Crippen MR) is 58.0 cm³/mol. The Hall–Kier alpha value is -0.450. The highest BCUT2D eigenvalue weighted by Gasteiger charge is 2.45. The summed E-state index contributed by atoms with van der Waals surface area (Å²) in [6, 6.07) is 4.60. The van der Waals surface area contributed by atoms with Crippen LogP contribution in [0.15, 0.2) is 22.7 Å². The summed E-state index contributed by atoms with van der Waals surface area (Å²) in [4.78, 5) is 0. The zero-order valence-electron chi connectivity index (χ0n) is 8.34. The van der Waals surface area contributed by atoms with Crippen molar-refractivity contribution in [2.24, 2.45) is 0 Å². The monoisotopic (exact) mass is 274 g/mol. The normalized spacial score (nSPS) is 30.0. The van der Waals surface area contributed by atoms with Crippen LogP contribution in [0.25, 0.3) is 0 Å². The molecule has 0 saturated heterocycles. The molecule has 0 heterocycles. The van der Waals surface area contributed by atoms with Crippen molar-refractivity contribution >= 4 is 15.9 Å². The van der Waals surface area contributed by atoms with Gasteiger partial charge in [0.25, 0.3) is 0 Å². The van der Waals surface area contributed by atoms with Crippen LogP contribution in [0.4, 0.5) is 4.39 Å². The van der Waals surface area contributed by atoms with E-state index in [1.807, 2.05) is 0 Å². The fourth-order valence-corrected chi connectivity index (χ4v) is 2.30. The molecule has 0 aromatic heterocycles. The quantitative estimate of drug-likeness (QED) is 0.899. The van der Waals surface area contributed by atoms with Gasteiger partial charge in [0.1, 0.15) is 5.82 Å². The molecule has 1 aromatic carbocycles. The largest absolute Gasteiger partial charge is 0.385 e. The van der Waals surface area contributed by atoms with Crippen molar-refractivity contribution in [1.82, 2.24) is 0 Å². The van der Waals surface area contributed by atoms with E-state index >= 15 is 0 Å². The van der Waals surface area contributed by atoms with E-state index in [-0.39, 0.29) is 11.9 Å². The molecule has 0 bridgehead atoms. The predicted octanol–water partition coefficient (Wildman–Crippen LogP) is 2.58. The summed E-state index contributed by atoms with van der Waals surface area (Å²) < 4.78 is 19.3. The van der Waals surface area contributed by atoms with E-state index in [9.17, 15) is 9.50 Å². The van der Waals surface area contributed by atoms with E-state index in [4.69, 9.17) is 4.74 Å². The molecule has 1 aliphatic carbocycles. The van der Waals surface area contributed by atoms with Crippen LogP contribution < -0.4 is 0 Å². The van der Waals surface area contributed by atoms with E-state index in [0.717, 1.165) is 4.47 Å². The first-order chi connectivity index (χ1) is 7.05. The van der Waals surface area contributed by atoms with Crippen molar-refractivity contribution in [3.63, 3.8) is 0 Å². The van der Waals surface area contributed by atoms with Gasteiger partial charge >= 0.3 is 0 Å². The summed E-state index contributed by atoms with van der Waals surface area (Å²) in [5, 5.41) is 10.1. The molecule has 0 amide bonds. The Balaban J connectivity index is 2.27. The molecule has 2 rings (SSSR count). The zero-order chi connectivity index (χ0) is 11.1. The number of benzene rings is 1. The molecular weight excluding hydrogens is 263 g/mol. The number of hydrogen-bond donors (Lipinski definition) is 1. The summed E-state index contributed by atoms with van der Waals surface area (Å²) in [7, 11) is 1.60. The third-order valence-electron chi connectivity index (χ3n) is 2.89. The fraction of sp³-hybridized carbons (Fsp3) is 0.455. The highest BCUT2D eigenvalue weighted by molar-refractivity contribution is 9.10. The molecule has 1 N–H and O–H groups in total. The Morgan fingerprint density at radius 2 is 2.20 bits per heavy atom. The molecule has 0 unspecified atom stereocenters. The molecule has 1 saturated carbocycles. The summed E-state index contributed by atoms with van der Waals surface area (Å²) in [5.41, 5.74) is -0.709. The summed E-state index contributed by atoms with van der Waals surface area (Å²) in [6.07, 6.45) is 0.946. The van der Waals surface area contributed by atoms with Crippen LogP contribution in [-0.4, -0.2) is 18.3 Å². The third-order valence-corrected chi connectivity index (χ3v) is 3.39. The van der Waals surface area contributed by atoms with Crippen LogP contribution in [0.5, 0.6) is 0 Å². The molecule has 0 radical (unpaired) electrons.